The standard InChI is InChI=1S/C14H23N3O2S.HI/c1-4-20(18,19)10-9-16-14(15-3)17-11-13-7-5-12(2)6-8-13;/h5-8H,4,9-11H2,1-3H3,(H2,15,16,17);1H. The number of sulfone groups is 1. The number of aryl methyl sites for hydroxylation is 1. The highest BCUT2D eigenvalue weighted by Gasteiger charge is 2.07. The first-order valence-electron chi connectivity index (χ1n) is 6.67. The lowest BCUT2D eigenvalue weighted by Gasteiger charge is -2.12. The van der Waals surface area contributed by atoms with Crippen molar-refractivity contribution in [3.63, 3.8) is 0 Å². The molecule has 120 valence electrons. The fraction of sp³-hybridized carbons (Fsp3) is 0.500. The van der Waals surface area contributed by atoms with Crippen LogP contribution in [0.3, 0.4) is 0 Å². The van der Waals surface area contributed by atoms with Gasteiger partial charge in [0, 0.05) is 25.9 Å². The SMILES string of the molecule is CCS(=O)(=O)CCNC(=NC)NCc1ccc(C)cc1.I. The maximum atomic E-state index is 11.4. The summed E-state index contributed by atoms with van der Waals surface area (Å²) in [7, 11) is -1.28. The second-order valence-electron chi connectivity index (χ2n) is 4.57. The van der Waals surface area contributed by atoms with E-state index in [4.69, 9.17) is 0 Å². The number of aliphatic imine (C=N–C) groups is 1. The Morgan fingerprint density at radius 2 is 1.81 bits per heavy atom. The van der Waals surface area contributed by atoms with Crippen LogP contribution in [-0.4, -0.2) is 39.5 Å². The van der Waals surface area contributed by atoms with E-state index in [1.165, 1.54) is 5.56 Å². The van der Waals surface area contributed by atoms with Gasteiger partial charge >= 0.3 is 0 Å². The molecule has 1 rings (SSSR count). The van der Waals surface area contributed by atoms with E-state index in [0.717, 1.165) is 5.56 Å². The highest BCUT2D eigenvalue weighted by atomic mass is 127. The molecule has 0 bridgehead atoms. The van der Waals surface area contributed by atoms with Gasteiger partial charge in [-0.15, -0.1) is 24.0 Å². The molecule has 7 heteroatoms. The molecule has 0 saturated carbocycles. The van der Waals surface area contributed by atoms with Crippen molar-refractivity contribution in [2.24, 2.45) is 4.99 Å². The summed E-state index contributed by atoms with van der Waals surface area (Å²) in [4.78, 5) is 4.07. The molecule has 21 heavy (non-hydrogen) atoms. The molecular formula is C14H24IN3O2S. The molecule has 0 atom stereocenters. The Kier molecular flexibility index (Phi) is 9.60. The predicted octanol–water partition coefficient (Wildman–Crippen LogP) is 1.71. The summed E-state index contributed by atoms with van der Waals surface area (Å²) in [5.41, 5.74) is 2.38. The van der Waals surface area contributed by atoms with Gasteiger partial charge in [0.1, 0.15) is 0 Å². The molecule has 0 spiro atoms. The van der Waals surface area contributed by atoms with Crippen LogP contribution in [0.25, 0.3) is 0 Å². The molecule has 0 aliphatic carbocycles. The molecule has 1 aromatic rings. The summed E-state index contributed by atoms with van der Waals surface area (Å²) in [5.74, 6) is 0.899. The zero-order chi connectivity index (χ0) is 15.0. The zero-order valence-corrected chi connectivity index (χ0v) is 15.9. The molecule has 0 saturated heterocycles. The number of benzene rings is 1. The van der Waals surface area contributed by atoms with Crippen LogP contribution < -0.4 is 10.6 Å². The van der Waals surface area contributed by atoms with Crippen LogP contribution in [0.1, 0.15) is 18.1 Å². The number of rotatable bonds is 6. The van der Waals surface area contributed by atoms with Crippen LogP contribution in [0.4, 0.5) is 0 Å². The van der Waals surface area contributed by atoms with Gasteiger partial charge in [0.05, 0.1) is 5.75 Å². The average Bonchev–Trinajstić information content (AvgIpc) is 2.44. The van der Waals surface area contributed by atoms with Crippen molar-refractivity contribution < 1.29 is 8.42 Å². The fourth-order valence-electron chi connectivity index (χ4n) is 1.58. The van der Waals surface area contributed by atoms with Crippen molar-refractivity contribution in [3.8, 4) is 0 Å². The summed E-state index contributed by atoms with van der Waals surface area (Å²) < 4.78 is 22.8. The average molecular weight is 425 g/mol. The smallest absolute Gasteiger partial charge is 0.191 e. The van der Waals surface area contributed by atoms with Crippen molar-refractivity contribution >= 4 is 39.8 Å². The maximum absolute atomic E-state index is 11.4. The Balaban J connectivity index is 0.00000400. The minimum absolute atomic E-state index is 0. The van der Waals surface area contributed by atoms with Crippen molar-refractivity contribution in [1.29, 1.82) is 0 Å². The third-order valence-electron chi connectivity index (χ3n) is 2.95. The summed E-state index contributed by atoms with van der Waals surface area (Å²) in [6.07, 6.45) is 0. The molecule has 0 aliphatic rings. The van der Waals surface area contributed by atoms with Crippen molar-refractivity contribution in [2.75, 3.05) is 25.1 Å². The van der Waals surface area contributed by atoms with E-state index in [9.17, 15) is 8.42 Å². The molecule has 0 unspecified atom stereocenters. The zero-order valence-electron chi connectivity index (χ0n) is 12.7. The fourth-order valence-corrected chi connectivity index (χ4v) is 2.28. The molecule has 1 aromatic carbocycles. The predicted molar refractivity (Wildman–Crippen MR) is 99.1 cm³/mol. The van der Waals surface area contributed by atoms with E-state index in [-0.39, 0.29) is 35.5 Å². The Morgan fingerprint density at radius 3 is 2.33 bits per heavy atom. The van der Waals surface area contributed by atoms with Gasteiger partial charge in [-0.05, 0) is 12.5 Å². The summed E-state index contributed by atoms with van der Waals surface area (Å²) >= 11 is 0. The third kappa shape index (κ3) is 8.25. The van der Waals surface area contributed by atoms with Crippen LogP contribution in [0.15, 0.2) is 29.3 Å². The molecule has 0 fully saturated rings. The number of nitrogens with one attached hydrogen (secondary N) is 2. The van der Waals surface area contributed by atoms with E-state index in [1.54, 1.807) is 14.0 Å². The summed E-state index contributed by atoms with van der Waals surface area (Å²) in [6, 6.07) is 8.22. The highest BCUT2D eigenvalue weighted by molar-refractivity contribution is 14.0. The summed E-state index contributed by atoms with van der Waals surface area (Å²) in [5, 5.41) is 6.15. The number of nitrogens with zero attached hydrogens (tertiary/aromatic N) is 1. The van der Waals surface area contributed by atoms with E-state index in [0.29, 0.717) is 19.0 Å². The lowest BCUT2D eigenvalue weighted by Crippen LogP contribution is -2.39. The minimum Gasteiger partial charge on any atom is -0.355 e. The lowest BCUT2D eigenvalue weighted by molar-refractivity contribution is 0.595. The van der Waals surface area contributed by atoms with Crippen molar-refractivity contribution in [2.45, 2.75) is 20.4 Å². The number of hydrogen-bond donors (Lipinski definition) is 2. The van der Waals surface area contributed by atoms with Crippen LogP contribution in [0, 0.1) is 6.92 Å². The topological polar surface area (TPSA) is 70.6 Å². The van der Waals surface area contributed by atoms with Gasteiger partial charge in [-0.2, -0.15) is 0 Å². The second-order valence-corrected chi connectivity index (χ2v) is 7.05. The molecule has 5 nitrogen and oxygen atoms in total. The van der Waals surface area contributed by atoms with Crippen molar-refractivity contribution in [3.05, 3.63) is 35.4 Å². The molecular weight excluding hydrogens is 401 g/mol. The quantitative estimate of drug-likeness (QED) is 0.414. The van der Waals surface area contributed by atoms with Gasteiger partial charge in [-0.3, -0.25) is 4.99 Å². The number of halogens is 1. The van der Waals surface area contributed by atoms with Gasteiger partial charge in [0.25, 0.3) is 0 Å². The second kappa shape index (κ2) is 9.99. The van der Waals surface area contributed by atoms with Crippen LogP contribution in [0.5, 0.6) is 0 Å². The van der Waals surface area contributed by atoms with Gasteiger partial charge < -0.3 is 10.6 Å². The van der Waals surface area contributed by atoms with Crippen LogP contribution >= 0.6 is 24.0 Å². The van der Waals surface area contributed by atoms with E-state index in [1.807, 2.05) is 6.92 Å². The normalized spacial score (nSPS) is 11.7. The Hall–Kier alpha value is -0.830. The molecule has 0 aliphatic heterocycles. The van der Waals surface area contributed by atoms with E-state index >= 15 is 0 Å². The minimum atomic E-state index is -2.94. The molecule has 0 radical (unpaired) electrons. The summed E-state index contributed by atoms with van der Waals surface area (Å²) in [6.45, 7) is 4.72. The Labute approximate surface area is 144 Å². The first-order valence-corrected chi connectivity index (χ1v) is 8.49. The van der Waals surface area contributed by atoms with Gasteiger partial charge in [0.15, 0.2) is 15.8 Å². The number of hydrogen-bond acceptors (Lipinski definition) is 3. The molecule has 0 amide bonds. The Morgan fingerprint density at radius 1 is 1.19 bits per heavy atom. The Bertz CT molecular complexity index is 542. The van der Waals surface area contributed by atoms with E-state index in [2.05, 4.69) is 39.9 Å². The van der Waals surface area contributed by atoms with Crippen molar-refractivity contribution in [1.82, 2.24) is 10.6 Å². The van der Waals surface area contributed by atoms with Crippen LogP contribution in [0.2, 0.25) is 0 Å². The maximum Gasteiger partial charge on any atom is 0.191 e. The molecule has 2 N–H and O–H groups in total. The largest absolute Gasteiger partial charge is 0.355 e. The van der Waals surface area contributed by atoms with E-state index < -0.39 is 9.84 Å². The van der Waals surface area contributed by atoms with Gasteiger partial charge in [0.2, 0.25) is 0 Å². The first-order chi connectivity index (χ1) is 9.46. The lowest BCUT2D eigenvalue weighted by atomic mass is 10.1. The monoisotopic (exact) mass is 425 g/mol. The van der Waals surface area contributed by atoms with Gasteiger partial charge in [-0.25, -0.2) is 8.42 Å². The third-order valence-corrected chi connectivity index (χ3v) is 4.66. The first kappa shape index (κ1) is 20.2. The van der Waals surface area contributed by atoms with Crippen LogP contribution in [-0.2, 0) is 16.4 Å². The molecule has 0 aromatic heterocycles. The highest BCUT2D eigenvalue weighted by Crippen LogP contribution is 2.02. The number of guanidine groups is 1. The van der Waals surface area contributed by atoms with Gasteiger partial charge in [-0.1, -0.05) is 36.8 Å². The molecule has 0 heterocycles.